The summed E-state index contributed by atoms with van der Waals surface area (Å²) in [5, 5.41) is 3.08. The van der Waals surface area contributed by atoms with E-state index in [9.17, 15) is 9.59 Å². The number of carbonyl (C=O) groups is 2. The lowest BCUT2D eigenvalue weighted by Gasteiger charge is -2.31. The fourth-order valence-corrected chi connectivity index (χ4v) is 2.65. The van der Waals surface area contributed by atoms with Gasteiger partial charge in [0.15, 0.2) is 5.76 Å². The summed E-state index contributed by atoms with van der Waals surface area (Å²) >= 11 is 0. The quantitative estimate of drug-likeness (QED) is 0.861. The van der Waals surface area contributed by atoms with Crippen molar-refractivity contribution in [2.24, 2.45) is 11.7 Å². The van der Waals surface area contributed by atoms with Crippen molar-refractivity contribution in [3.63, 3.8) is 0 Å². The van der Waals surface area contributed by atoms with E-state index in [0.717, 1.165) is 25.7 Å². The van der Waals surface area contributed by atoms with E-state index in [1.807, 2.05) is 0 Å². The second-order valence-corrected chi connectivity index (χ2v) is 5.82. The molecule has 2 aliphatic rings. The van der Waals surface area contributed by atoms with Gasteiger partial charge in [0.2, 0.25) is 5.91 Å². The van der Waals surface area contributed by atoms with E-state index in [4.69, 9.17) is 10.2 Å². The molecule has 3 N–H and O–H groups in total. The second-order valence-electron chi connectivity index (χ2n) is 5.82. The first-order chi connectivity index (χ1) is 10.2. The van der Waals surface area contributed by atoms with Gasteiger partial charge in [-0.2, -0.15) is 0 Å². The van der Waals surface area contributed by atoms with Gasteiger partial charge in [-0.1, -0.05) is 0 Å². The summed E-state index contributed by atoms with van der Waals surface area (Å²) < 4.78 is 5.39. The van der Waals surface area contributed by atoms with Gasteiger partial charge in [-0.15, -0.1) is 0 Å². The summed E-state index contributed by atoms with van der Waals surface area (Å²) in [7, 11) is 0. The summed E-state index contributed by atoms with van der Waals surface area (Å²) in [6.45, 7) is 1.59. The van der Waals surface area contributed by atoms with Gasteiger partial charge >= 0.3 is 0 Å². The maximum atomic E-state index is 12.3. The number of hydrogen-bond acceptors (Lipinski definition) is 4. The van der Waals surface area contributed by atoms with Crippen LogP contribution in [-0.4, -0.2) is 35.8 Å². The van der Waals surface area contributed by atoms with E-state index in [2.05, 4.69) is 5.32 Å². The van der Waals surface area contributed by atoms with Crippen LogP contribution >= 0.6 is 0 Å². The van der Waals surface area contributed by atoms with Crippen LogP contribution in [0.25, 0.3) is 0 Å². The van der Waals surface area contributed by atoms with Crippen molar-refractivity contribution in [3.8, 4) is 0 Å². The van der Waals surface area contributed by atoms with E-state index in [1.54, 1.807) is 17.0 Å². The third kappa shape index (κ3) is 3.26. The first kappa shape index (κ1) is 14.1. The highest BCUT2D eigenvalue weighted by Crippen LogP contribution is 2.29. The summed E-state index contributed by atoms with van der Waals surface area (Å²) in [6.07, 6.45) is 3.64. The Labute approximate surface area is 123 Å². The number of likely N-dealkylation sites (tertiary alicyclic amines) is 1. The topological polar surface area (TPSA) is 88.6 Å². The third-order valence-electron chi connectivity index (χ3n) is 4.15. The standard InChI is InChI=1S/C15H21N3O3/c16-9-12-3-4-13(21-12)15(20)18-7-5-11(6-8-18)17-14(19)10-1-2-10/h3-4,10-11H,1-2,5-9,16H2,(H,17,19). The minimum atomic E-state index is -0.0957. The van der Waals surface area contributed by atoms with Gasteiger partial charge < -0.3 is 20.4 Å². The number of nitrogens with one attached hydrogen (secondary N) is 1. The van der Waals surface area contributed by atoms with Gasteiger partial charge in [0.05, 0.1) is 6.54 Å². The fraction of sp³-hybridized carbons (Fsp3) is 0.600. The Hall–Kier alpha value is -1.82. The highest BCUT2D eigenvalue weighted by molar-refractivity contribution is 5.91. The minimum Gasteiger partial charge on any atom is -0.455 e. The summed E-state index contributed by atoms with van der Waals surface area (Å²) in [6, 6.07) is 3.60. The van der Waals surface area contributed by atoms with Crippen molar-refractivity contribution in [1.29, 1.82) is 0 Å². The van der Waals surface area contributed by atoms with E-state index in [1.165, 1.54) is 0 Å². The summed E-state index contributed by atoms with van der Waals surface area (Å²) in [5.74, 6) is 1.28. The van der Waals surface area contributed by atoms with Crippen LogP contribution in [0.4, 0.5) is 0 Å². The zero-order chi connectivity index (χ0) is 14.8. The maximum Gasteiger partial charge on any atom is 0.289 e. The van der Waals surface area contributed by atoms with Crippen molar-refractivity contribution in [2.75, 3.05) is 13.1 Å². The molecule has 1 aliphatic heterocycles. The molecular formula is C15H21N3O3. The number of hydrogen-bond donors (Lipinski definition) is 2. The van der Waals surface area contributed by atoms with Crippen LogP contribution in [0, 0.1) is 5.92 Å². The molecule has 2 fully saturated rings. The maximum absolute atomic E-state index is 12.3. The molecule has 6 heteroatoms. The molecule has 0 unspecified atom stereocenters. The number of carbonyl (C=O) groups excluding carboxylic acids is 2. The van der Waals surface area contributed by atoms with Crippen LogP contribution in [0.15, 0.2) is 16.5 Å². The van der Waals surface area contributed by atoms with Crippen LogP contribution < -0.4 is 11.1 Å². The number of piperidine rings is 1. The van der Waals surface area contributed by atoms with Crippen molar-refractivity contribution < 1.29 is 14.0 Å². The molecule has 3 rings (SSSR count). The number of amides is 2. The van der Waals surface area contributed by atoms with Crippen molar-refractivity contribution >= 4 is 11.8 Å². The third-order valence-corrected chi connectivity index (χ3v) is 4.15. The van der Waals surface area contributed by atoms with E-state index in [-0.39, 0.29) is 23.8 Å². The normalized spacial score (nSPS) is 19.6. The van der Waals surface area contributed by atoms with Gasteiger partial charge in [0.25, 0.3) is 5.91 Å². The van der Waals surface area contributed by atoms with Crippen LogP contribution in [-0.2, 0) is 11.3 Å². The molecule has 1 aromatic heterocycles. The number of rotatable bonds is 4. The van der Waals surface area contributed by atoms with Crippen LogP contribution in [0.5, 0.6) is 0 Å². The van der Waals surface area contributed by atoms with Crippen LogP contribution in [0.1, 0.15) is 42.0 Å². The fourth-order valence-electron chi connectivity index (χ4n) is 2.65. The zero-order valence-corrected chi connectivity index (χ0v) is 12.0. The van der Waals surface area contributed by atoms with Gasteiger partial charge in [-0.25, -0.2) is 0 Å². The molecule has 0 atom stereocenters. The summed E-state index contributed by atoms with van der Waals surface area (Å²) in [5.41, 5.74) is 5.48. The lowest BCUT2D eigenvalue weighted by molar-refractivity contribution is -0.123. The second kappa shape index (κ2) is 5.89. The minimum absolute atomic E-state index is 0.0957. The van der Waals surface area contributed by atoms with Crippen molar-refractivity contribution in [3.05, 3.63) is 23.7 Å². The molecule has 21 heavy (non-hydrogen) atoms. The van der Waals surface area contributed by atoms with Gasteiger partial charge in [-0.05, 0) is 37.8 Å². The average molecular weight is 291 g/mol. The molecule has 6 nitrogen and oxygen atoms in total. The monoisotopic (exact) mass is 291 g/mol. The lowest BCUT2D eigenvalue weighted by atomic mass is 10.0. The molecular weight excluding hydrogens is 270 g/mol. The van der Waals surface area contributed by atoms with Crippen molar-refractivity contribution in [2.45, 2.75) is 38.3 Å². The molecule has 1 aliphatic carbocycles. The van der Waals surface area contributed by atoms with Crippen molar-refractivity contribution in [1.82, 2.24) is 10.2 Å². The zero-order valence-electron chi connectivity index (χ0n) is 12.0. The predicted octanol–water partition coefficient (Wildman–Crippen LogP) is 0.869. The molecule has 1 saturated heterocycles. The molecule has 0 aromatic carbocycles. The van der Waals surface area contributed by atoms with Gasteiger partial charge in [-0.3, -0.25) is 9.59 Å². The van der Waals surface area contributed by atoms with E-state index < -0.39 is 0 Å². The smallest absolute Gasteiger partial charge is 0.289 e. The Balaban J connectivity index is 1.50. The first-order valence-corrected chi connectivity index (χ1v) is 7.56. The lowest BCUT2D eigenvalue weighted by Crippen LogP contribution is -2.46. The molecule has 0 radical (unpaired) electrons. The molecule has 1 saturated carbocycles. The molecule has 2 amide bonds. The molecule has 114 valence electrons. The SMILES string of the molecule is NCc1ccc(C(=O)N2CCC(NC(=O)C3CC3)CC2)o1. The Kier molecular flexibility index (Phi) is 3.96. The Morgan fingerprint density at radius 1 is 1.24 bits per heavy atom. The number of furan rings is 1. The van der Waals surface area contributed by atoms with Gasteiger partial charge in [0.1, 0.15) is 5.76 Å². The number of nitrogens with two attached hydrogens (primary N) is 1. The molecule has 0 spiro atoms. The predicted molar refractivity (Wildman–Crippen MR) is 76.4 cm³/mol. The van der Waals surface area contributed by atoms with E-state index >= 15 is 0 Å². The highest BCUT2D eigenvalue weighted by Gasteiger charge is 2.32. The van der Waals surface area contributed by atoms with Crippen LogP contribution in [0.2, 0.25) is 0 Å². The largest absolute Gasteiger partial charge is 0.455 e. The summed E-state index contributed by atoms with van der Waals surface area (Å²) in [4.78, 5) is 25.8. The molecule has 1 aromatic rings. The molecule has 2 heterocycles. The van der Waals surface area contributed by atoms with E-state index in [0.29, 0.717) is 31.2 Å². The first-order valence-electron chi connectivity index (χ1n) is 7.56. The Morgan fingerprint density at radius 3 is 2.52 bits per heavy atom. The Bertz CT molecular complexity index is 528. The van der Waals surface area contributed by atoms with Crippen LogP contribution in [0.3, 0.4) is 0 Å². The Morgan fingerprint density at radius 2 is 1.95 bits per heavy atom. The molecule has 0 bridgehead atoms. The average Bonchev–Trinajstić information content (AvgIpc) is 3.25. The highest BCUT2D eigenvalue weighted by atomic mass is 16.4. The van der Waals surface area contributed by atoms with Gasteiger partial charge in [0, 0.05) is 25.0 Å². The number of nitrogens with zero attached hydrogens (tertiary/aromatic N) is 1.